The van der Waals surface area contributed by atoms with Crippen LogP contribution in [-0.2, 0) is 13.5 Å². The zero-order chi connectivity index (χ0) is 11.5. The predicted octanol–water partition coefficient (Wildman–Crippen LogP) is 3.55. The second-order valence-corrected chi connectivity index (χ2v) is 6.43. The molecule has 0 aliphatic heterocycles. The predicted molar refractivity (Wildman–Crippen MR) is 70.7 cm³/mol. The summed E-state index contributed by atoms with van der Waals surface area (Å²) in [6, 6.07) is 0. The molecule has 16 heavy (non-hydrogen) atoms. The number of alkyl halides is 1. The maximum atomic E-state index is 4.22. The lowest BCUT2D eigenvalue weighted by Crippen LogP contribution is -2.24. The van der Waals surface area contributed by atoms with E-state index in [4.69, 9.17) is 0 Å². The fourth-order valence-corrected chi connectivity index (χ4v) is 3.46. The van der Waals surface area contributed by atoms with Crippen LogP contribution in [0.15, 0.2) is 12.4 Å². The van der Waals surface area contributed by atoms with E-state index in [-0.39, 0.29) is 0 Å². The van der Waals surface area contributed by atoms with Crippen LogP contribution in [0.3, 0.4) is 0 Å². The molecule has 2 rings (SSSR count). The molecule has 1 saturated carbocycles. The Bertz CT molecular complexity index is 334. The Morgan fingerprint density at radius 1 is 1.50 bits per heavy atom. The van der Waals surface area contributed by atoms with Crippen LogP contribution in [0.5, 0.6) is 0 Å². The van der Waals surface area contributed by atoms with Gasteiger partial charge in [0, 0.05) is 18.1 Å². The van der Waals surface area contributed by atoms with Crippen molar-refractivity contribution in [3.63, 3.8) is 0 Å². The van der Waals surface area contributed by atoms with E-state index < -0.39 is 0 Å². The zero-order valence-electron chi connectivity index (χ0n) is 10.2. The first kappa shape index (κ1) is 12.2. The van der Waals surface area contributed by atoms with Crippen molar-refractivity contribution in [3.8, 4) is 0 Å². The molecule has 2 nitrogen and oxygen atoms in total. The molecule has 3 heteroatoms. The van der Waals surface area contributed by atoms with Crippen LogP contribution in [-0.4, -0.2) is 14.6 Å². The van der Waals surface area contributed by atoms with Gasteiger partial charge in [-0.25, -0.2) is 0 Å². The van der Waals surface area contributed by atoms with E-state index in [1.165, 1.54) is 37.7 Å². The molecule has 0 aromatic carbocycles. The average Bonchev–Trinajstić information content (AvgIpc) is 2.66. The van der Waals surface area contributed by atoms with E-state index in [2.05, 4.69) is 34.1 Å². The number of aryl methyl sites for hydroxylation is 2. The first-order valence-electron chi connectivity index (χ1n) is 6.26. The van der Waals surface area contributed by atoms with Crippen molar-refractivity contribution in [2.24, 2.45) is 18.9 Å². The van der Waals surface area contributed by atoms with Gasteiger partial charge >= 0.3 is 0 Å². The minimum absolute atomic E-state index is 0.736. The summed E-state index contributed by atoms with van der Waals surface area (Å²) in [5.74, 6) is 1.76. The lowest BCUT2D eigenvalue weighted by molar-refractivity contribution is 0.282. The summed E-state index contributed by atoms with van der Waals surface area (Å²) >= 11 is 3.84. The van der Waals surface area contributed by atoms with Gasteiger partial charge in [0.2, 0.25) is 0 Å². The van der Waals surface area contributed by atoms with Gasteiger partial charge in [-0.1, -0.05) is 22.9 Å². The van der Waals surface area contributed by atoms with Crippen LogP contribution in [0.25, 0.3) is 0 Å². The quantitative estimate of drug-likeness (QED) is 0.777. The highest BCUT2D eigenvalue weighted by Crippen LogP contribution is 2.36. The first-order chi connectivity index (χ1) is 7.65. The highest BCUT2D eigenvalue weighted by Gasteiger charge is 2.26. The maximum Gasteiger partial charge on any atom is 0.0521 e. The Morgan fingerprint density at radius 2 is 2.31 bits per heavy atom. The fraction of sp³-hybridized carbons (Fsp3) is 0.769. The molecule has 0 spiro atoms. The number of aromatic nitrogens is 2. The number of halogens is 1. The Hall–Kier alpha value is -0.310. The third kappa shape index (κ3) is 3.09. The molecule has 1 fully saturated rings. The number of hydrogen-bond donors (Lipinski definition) is 0. The average molecular weight is 285 g/mol. The van der Waals surface area contributed by atoms with Gasteiger partial charge in [-0.3, -0.25) is 4.68 Å². The van der Waals surface area contributed by atoms with Gasteiger partial charge in [0.05, 0.1) is 6.20 Å². The van der Waals surface area contributed by atoms with Gasteiger partial charge in [0.1, 0.15) is 0 Å². The van der Waals surface area contributed by atoms with Crippen molar-refractivity contribution in [1.82, 2.24) is 9.78 Å². The normalized spacial score (nSPS) is 30.6. The molecule has 1 heterocycles. The smallest absolute Gasteiger partial charge is 0.0521 e. The maximum absolute atomic E-state index is 4.22. The summed E-state index contributed by atoms with van der Waals surface area (Å²) < 4.78 is 1.89. The van der Waals surface area contributed by atoms with Crippen molar-refractivity contribution in [1.29, 1.82) is 0 Å². The second kappa shape index (κ2) is 5.35. The largest absolute Gasteiger partial charge is 0.276 e. The van der Waals surface area contributed by atoms with E-state index in [1.54, 1.807) is 0 Å². The molecule has 0 radical (unpaired) electrons. The molecule has 1 aromatic rings. The van der Waals surface area contributed by atoms with E-state index >= 15 is 0 Å². The molecule has 0 N–H and O–H groups in total. The van der Waals surface area contributed by atoms with E-state index in [9.17, 15) is 0 Å². The lowest BCUT2D eigenvalue weighted by atomic mass is 9.80. The van der Waals surface area contributed by atoms with Gasteiger partial charge in [-0.2, -0.15) is 5.10 Å². The molecule has 3 atom stereocenters. The van der Waals surface area contributed by atoms with Gasteiger partial charge in [-0.05, 0) is 49.5 Å². The molecule has 1 aliphatic rings. The lowest BCUT2D eigenvalue weighted by Gasteiger charge is -2.31. The van der Waals surface area contributed by atoms with E-state index in [0.29, 0.717) is 0 Å². The fourth-order valence-electron chi connectivity index (χ4n) is 2.71. The summed E-state index contributed by atoms with van der Waals surface area (Å²) in [7, 11) is 1.99. The van der Waals surface area contributed by atoms with Crippen LogP contribution < -0.4 is 0 Å². The molecular weight excluding hydrogens is 264 g/mol. The van der Waals surface area contributed by atoms with Crippen LogP contribution in [0, 0.1) is 11.8 Å². The van der Waals surface area contributed by atoms with Crippen molar-refractivity contribution in [2.75, 3.05) is 0 Å². The van der Waals surface area contributed by atoms with Crippen molar-refractivity contribution >= 4 is 15.9 Å². The molecule has 1 aromatic heterocycles. The molecule has 0 amide bonds. The van der Waals surface area contributed by atoms with Gasteiger partial charge in [0.15, 0.2) is 0 Å². The first-order valence-corrected chi connectivity index (χ1v) is 7.18. The zero-order valence-corrected chi connectivity index (χ0v) is 11.8. The van der Waals surface area contributed by atoms with Gasteiger partial charge < -0.3 is 0 Å². The third-order valence-corrected chi connectivity index (χ3v) is 4.92. The Kier molecular flexibility index (Phi) is 4.06. The number of rotatable bonds is 3. The van der Waals surface area contributed by atoms with Crippen LogP contribution in [0.4, 0.5) is 0 Å². The SMILES string of the molecule is CC1CCC(Br)C(CCc2cnn(C)c2)C1. The third-order valence-electron chi connectivity index (χ3n) is 3.71. The molecule has 0 bridgehead atoms. The molecular formula is C13H21BrN2. The Morgan fingerprint density at radius 3 is 3.00 bits per heavy atom. The highest BCUT2D eigenvalue weighted by atomic mass is 79.9. The van der Waals surface area contributed by atoms with Gasteiger partial charge in [0.25, 0.3) is 0 Å². The standard InChI is InChI=1S/C13H21BrN2/c1-10-3-6-13(14)12(7-10)5-4-11-8-15-16(2)9-11/h8-10,12-13H,3-7H2,1-2H3. The number of nitrogens with zero attached hydrogens (tertiary/aromatic N) is 2. The highest BCUT2D eigenvalue weighted by molar-refractivity contribution is 9.09. The Balaban J connectivity index is 1.84. The summed E-state index contributed by atoms with van der Waals surface area (Å²) in [5.41, 5.74) is 1.38. The van der Waals surface area contributed by atoms with Crippen molar-refractivity contribution in [2.45, 2.75) is 43.9 Å². The minimum atomic E-state index is 0.736. The van der Waals surface area contributed by atoms with Crippen molar-refractivity contribution < 1.29 is 0 Å². The molecule has 90 valence electrons. The Labute approximate surface area is 107 Å². The second-order valence-electron chi connectivity index (χ2n) is 5.26. The summed E-state index contributed by atoms with van der Waals surface area (Å²) in [6.45, 7) is 2.38. The summed E-state index contributed by atoms with van der Waals surface area (Å²) in [6.07, 6.45) is 10.7. The minimum Gasteiger partial charge on any atom is -0.276 e. The van der Waals surface area contributed by atoms with Crippen molar-refractivity contribution in [3.05, 3.63) is 18.0 Å². The molecule has 1 aliphatic carbocycles. The van der Waals surface area contributed by atoms with Crippen LogP contribution in [0.1, 0.15) is 38.2 Å². The monoisotopic (exact) mass is 284 g/mol. The topological polar surface area (TPSA) is 17.8 Å². The number of hydrogen-bond acceptors (Lipinski definition) is 1. The molecule has 3 unspecified atom stereocenters. The summed E-state index contributed by atoms with van der Waals surface area (Å²) in [4.78, 5) is 0.736. The summed E-state index contributed by atoms with van der Waals surface area (Å²) in [5, 5.41) is 4.22. The van der Waals surface area contributed by atoms with Crippen LogP contribution in [0.2, 0.25) is 0 Å². The van der Waals surface area contributed by atoms with Gasteiger partial charge in [-0.15, -0.1) is 0 Å². The van der Waals surface area contributed by atoms with Crippen LogP contribution >= 0.6 is 15.9 Å². The molecule has 0 saturated heterocycles. The van der Waals surface area contributed by atoms with E-state index in [1.807, 2.05) is 17.9 Å². The van der Waals surface area contributed by atoms with E-state index in [0.717, 1.165) is 16.7 Å².